The van der Waals surface area contributed by atoms with E-state index in [2.05, 4.69) is 35.9 Å². The number of ether oxygens (including phenoxy) is 3. The Kier molecular flexibility index (Phi) is 18.1. The highest BCUT2D eigenvalue weighted by molar-refractivity contribution is 6.33. The molecule has 0 aliphatic heterocycles. The van der Waals surface area contributed by atoms with Crippen LogP contribution in [0.4, 0.5) is 25.8 Å². The van der Waals surface area contributed by atoms with Gasteiger partial charge in [-0.05, 0) is 121 Å². The quantitative estimate of drug-likeness (QED) is 0.107. The lowest BCUT2D eigenvalue weighted by Crippen LogP contribution is -2.13. The lowest BCUT2D eigenvalue weighted by atomic mass is 10.2. The number of para-hydroxylation sites is 1. The number of rotatable bonds is 12. The van der Waals surface area contributed by atoms with Gasteiger partial charge in [-0.25, -0.2) is 13.8 Å². The molecule has 0 aliphatic carbocycles. The van der Waals surface area contributed by atoms with Crippen molar-refractivity contribution in [2.75, 3.05) is 16.0 Å². The van der Waals surface area contributed by atoms with E-state index in [4.69, 9.17) is 60.6 Å². The lowest BCUT2D eigenvalue weighted by Gasteiger charge is -2.11. The van der Waals surface area contributed by atoms with Gasteiger partial charge in [0.15, 0.2) is 11.6 Å². The number of carbonyl (C=O) groups is 3. The van der Waals surface area contributed by atoms with E-state index in [1.54, 1.807) is 134 Å². The maximum Gasteiger partial charge on any atom is 0.274 e. The molecule has 9 aromatic rings. The molecule has 3 amide bonds. The summed E-state index contributed by atoms with van der Waals surface area (Å²) in [6, 6.07) is 44.9. The lowest BCUT2D eigenvalue weighted by molar-refractivity contribution is 0.101. The number of carbonyl (C=O) groups excluding carboxylic acids is 3. The number of halogens is 6. The second-order valence-electron chi connectivity index (χ2n) is 14.4. The Bertz CT molecular complexity index is 3300. The Balaban J connectivity index is 0.000000159. The van der Waals surface area contributed by atoms with E-state index in [0.717, 1.165) is 18.2 Å². The molecule has 3 N–H and O–H groups in total. The van der Waals surface area contributed by atoms with E-state index in [0.29, 0.717) is 66.6 Å². The Morgan fingerprint density at radius 3 is 1.17 bits per heavy atom. The van der Waals surface area contributed by atoms with Crippen molar-refractivity contribution in [1.29, 1.82) is 0 Å². The van der Waals surface area contributed by atoms with Crippen LogP contribution in [0.15, 0.2) is 195 Å². The van der Waals surface area contributed by atoms with Gasteiger partial charge in [-0.1, -0.05) is 82.8 Å². The van der Waals surface area contributed by atoms with Gasteiger partial charge in [0.2, 0.25) is 5.88 Å². The van der Waals surface area contributed by atoms with Crippen molar-refractivity contribution in [2.45, 2.75) is 0 Å². The fourth-order valence-corrected chi connectivity index (χ4v) is 6.73. The predicted molar refractivity (Wildman–Crippen MR) is 273 cm³/mol. The van der Waals surface area contributed by atoms with E-state index in [1.165, 1.54) is 24.4 Å². The van der Waals surface area contributed by atoms with Crippen LogP contribution in [0, 0.1) is 11.6 Å². The van der Waals surface area contributed by atoms with Crippen molar-refractivity contribution in [3.63, 3.8) is 0 Å². The number of pyridine rings is 4. The summed E-state index contributed by atoms with van der Waals surface area (Å²) in [4.78, 5) is 52.2. The van der Waals surface area contributed by atoms with E-state index < -0.39 is 17.5 Å². The average Bonchev–Trinajstić information content (AvgIpc) is 3.39. The number of hydrogen-bond donors (Lipinski definition) is 3. The minimum Gasteiger partial charge on any atom is -0.454 e. The molecular weight excluding hydrogens is 1010 g/mol. The Hall–Kier alpha value is -8.47. The monoisotopic (exact) mass is 1040 g/mol. The van der Waals surface area contributed by atoms with Gasteiger partial charge >= 0.3 is 0 Å². The minimum absolute atomic E-state index is 0.127. The van der Waals surface area contributed by atoms with Gasteiger partial charge in [-0.3, -0.25) is 29.3 Å². The molecule has 5 aromatic carbocycles. The first-order valence-electron chi connectivity index (χ1n) is 21.1. The molecule has 4 heterocycles. The molecule has 4 aromatic heterocycles. The van der Waals surface area contributed by atoms with E-state index >= 15 is 0 Å². The van der Waals surface area contributed by atoms with Crippen LogP contribution in [0.2, 0.25) is 20.1 Å². The largest absolute Gasteiger partial charge is 0.454 e. The third-order valence-corrected chi connectivity index (χ3v) is 10.5. The summed E-state index contributed by atoms with van der Waals surface area (Å²) in [6.45, 7) is 0. The van der Waals surface area contributed by atoms with Gasteiger partial charge in [0, 0.05) is 54.0 Å². The fourth-order valence-electron chi connectivity index (χ4n) is 5.90. The maximum atomic E-state index is 13.6. The van der Waals surface area contributed by atoms with Crippen LogP contribution >= 0.6 is 46.4 Å². The van der Waals surface area contributed by atoms with Crippen molar-refractivity contribution < 1.29 is 37.4 Å². The van der Waals surface area contributed by atoms with E-state index in [-0.39, 0.29) is 34.0 Å². The van der Waals surface area contributed by atoms with Crippen molar-refractivity contribution >= 4 is 81.2 Å². The molecule has 360 valence electrons. The van der Waals surface area contributed by atoms with Crippen LogP contribution < -0.4 is 30.2 Å². The van der Waals surface area contributed by atoms with Crippen molar-refractivity contribution in [3.05, 3.63) is 243 Å². The molecule has 0 saturated heterocycles. The van der Waals surface area contributed by atoms with Crippen LogP contribution in [0.5, 0.6) is 34.6 Å². The van der Waals surface area contributed by atoms with Gasteiger partial charge in [-0.2, -0.15) is 0 Å². The first kappa shape index (κ1) is 51.4. The third-order valence-electron chi connectivity index (χ3n) is 9.28. The van der Waals surface area contributed by atoms with E-state index in [1.807, 2.05) is 18.2 Å². The van der Waals surface area contributed by atoms with Crippen molar-refractivity contribution in [1.82, 2.24) is 19.9 Å². The summed E-state index contributed by atoms with van der Waals surface area (Å²) in [5, 5.41) is 9.44. The Morgan fingerprint density at radius 2 is 0.764 bits per heavy atom. The van der Waals surface area contributed by atoms with Gasteiger partial charge in [-0.15, -0.1) is 0 Å². The molecule has 0 saturated carbocycles. The molecule has 0 radical (unpaired) electrons. The second kappa shape index (κ2) is 25.4. The normalized spacial score (nSPS) is 10.2. The number of aromatic nitrogens is 4. The average molecular weight is 1050 g/mol. The zero-order valence-electron chi connectivity index (χ0n) is 37.0. The summed E-state index contributed by atoms with van der Waals surface area (Å²) in [6.07, 6.45) is 6.26. The first-order chi connectivity index (χ1) is 34.9. The highest BCUT2D eigenvalue weighted by atomic mass is 35.5. The summed E-state index contributed by atoms with van der Waals surface area (Å²) in [5.41, 5.74) is 2.41. The van der Waals surface area contributed by atoms with Gasteiger partial charge in [0.1, 0.15) is 45.9 Å². The second-order valence-corrected chi connectivity index (χ2v) is 16.1. The molecule has 13 nitrogen and oxygen atoms in total. The maximum absolute atomic E-state index is 13.6. The molecule has 0 fully saturated rings. The van der Waals surface area contributed by atoms with Gasteiger partial charge in [0.25, 0.3) is 17.7 Å². The van der Waals surface area contributed by atoms with Gasteiger partial charge in [0.05, 0.1) is 20.1 Å². The number of nitrogens with zero attached hydrogens (tertiary/aromatic N) is 4. The molecular formula is C53H35Cl4F2N7O6. The fraction of sp³-hybridized carbons (Fsp3) is 0. The topological polar surface area (TPSA) is 167 Å². The number of nitrogens with one attached hydrogen (secondary N) is 3. The van der Waals surface area contributed by atoms with Crippen molar-refractivity contribution in [3.8, 4) is 34.6 Å². The SMILES string of the molecule is O=C(Nc1ccc(Oc2cc(F)ccc2F)c(Cl)c1)c1ccccn1.O=C(Nc1ccc(Oc2ccccc2Cl)c(Cl)c1)c1ccccn1.O=C(Nc1ccc(Oc2ccccn2)c(Cl)c1)c1ccccn1. The smallest absolute Gasteiger partial charge is 0.274 e. The summed E-state index contributed by atoms with van der Waals surface area (Å²) >= 11 is 24.6. The Labute approximate surface area is 430 Å². The predicted octanol–water partition coefficient (Wildman–Crippen LogP) is 14.7. The van der Waals surface area contributed by atoms with Crippen molar-refractivity contribution in [2.24, 2.45) is 0 Å². The van der Waals surface area contributed by atoms with Gasteiger partial charge < -0.3 is 30.2 Å². The summed E-state index contributed by atoms with van der Waals surface area (Å²) < 4.78 is 43.4. The number of benzene rings is 5. The van der Waals surface area contributed by atoms with Crippen LogP contribution in [-0.2, 0) is 0 Å². The standard InChI is InChI=1S/C18H12Cl2N2O2.C18H11ClF2N2O2.C17H12ClN3O2/c19-13-5-1-2-7-16(13)24-17-9-8-12(11-14(17)20)22-18(23)15-6-3-4-10-21-15;19-13-10-12(23-18(24)15-3-1-2-8-22-15)5-7-16(13)25-17-9-11(20)4-6-14(17)21;18-13-11-12(21-17(22)14-5-1-3-9-19-14)7-8-15(13)23-16-6-2-4-10-20-16/h1-11H,(H,22,23);1-10H,(H,23,24);1-11H,(H,21,22). The molecule has 0 unspecified atom stereocenters. The molecule has 0 aliphatic rings. The van der Waals surface area contributed by atoms with Crippen LogP contribution in [0.3, 0.4) is 0 Å². The zero-order chi connectivity index (χ0) is 50.8. The number of amides is 3. The molecule has 0 atom stereocenters. The Morgan fingerprint density at radius 1 is 0.375 bits per heavy atom. The first-order valence-corrected chi connectivity index (χ1v) is 22.6. The molecule has 0 bridgehead atoms. The van der Waals surface area contributed by atoms with Crippen LogP contribution in [0.25, 0.3) is 0 Å². The van der Waals surface area contributed by atoms with Crippen LogP contribution in [-0.4, -0.2) is 37.7 Å². The molecule has 9 rings (SSSR count). The molecule has 72 heavy (non-hydrogen) atoms. The molecule has 0 spiro atoms. The van der Waals surface area contributed by atoms with E-state index in [9.17, 15) is 23.2 Å². The summed E-state index contributed by atoms with van der Waals surface area (Å²) in [5.74, 6) is -0.674. The minimum atomic E-state index is -0.718. The number of anilines is 3. The third kappa shape index (κ3) is 15.0. The number of hydrogen-bond acceptors (Lipinski definition) is 10. The highest BCUT2D eigenvalue weighted by Gasteiger charge is 2.14. The van der Waals surface area contributed by atoms with Crippen LogP contribution in [0.1, 0.15) is 31.5 Å². The highest BCUT2D eigenvalue weighted by Crippen LogP contribution is 2.36. The molecule has 19 heteroatoms. The zero-order valence-corrected chi connectivity index (χ0v) is 40.0. The summed E-state index contributed by atoms with van der Waals surface area (Å²) in [7, 11) is 0.